The first-order valence-electron chi connectivity index (χ1n) is 11.6. The van der Waals surface area contributed by atoms with Crippen LogP contribution in [0.5, 0.6) is 11.5 Å². The second-order valence-electron chi connectivity index (χ2n) is 8.81. The standard InChI is InChI=1S/C26H28N6O3/c1-16-12-27-13-17(2)32(16)26(33)35-23-10-19-21(11-22(23)34-4)28-15-29-25(19)20-14-31(3)30-24(20)18-8-6-5-7-9-18/h5-11,14-17,27H,12-13H2,1-4H3/t16-,17+. The number of benzene rings is 2. The average Bonchev–Trinajstić information content (AvgIpc) is 3.25. The molecule has 0 spiro atoms. The minimum Gasteiger partial charge on any atom is -0.493 e. The molecule has 3 heterocycles. The van der Waals surface area contributed by atoms with Crippen LogP contribution in [0.15, 0.2) is 55.0 Å². The van der Waals surface area contributed by atoms with Gasteiger partial charge in [-0.3, -0.25) is 9.58 Å². The van der Waals surface area contributed by atoms with Crippen molar-refractivity contribution in [3.05, 3.63) is 55.0 Å². The van der Waals surface area contributed by atoms with E-state index in [9.17, 15) is 4.79 Å². The Morgan fingerprint density at radius 2 is 1.77 bits per heavy atom. The highest BCUT2D eigenvalue weighted by Crippen LogP contribution is 2.38. The van der Waals surface area contributed by atoms with Crippen LogP contribution in [0.25, 0.3) is 33.4 Å². The van der Waals surface area contributed by atoms with E-state index in [-0.39, 0.29) is 12.1 Å². The van der Waals surface area contributed by atoms with E-state index in [1.807, 2.05) is 57.4 Å². The number of carbonyl (C=O) groups excluding carboxylic acids is 1. The normalized spacial score (nSPS) is 18.0. The van der Waals surface area contributed by atoms with Gasteiger partial charge in [-0.05, 0) is 19.9 Å². The summed E-state index contributed by atoms with van der Waals surface area (Å²) in [7, 11) is 3.43. The van der Waals surface area contributed by atoms with Crippen molar-refractivity contribution in [1.29, 1.82) is 0 Å². The Kier molecular flexibility index (Phi) is 6.08. The Balaban J connectivity index is 1.60. The van der Waals surface area contributed by atoms with Gasteiger partial charge in [0, 0.05) is 61.0 Å². The van der Waals surface area contributed by atoms with Crippen molar-refractivity contribution >= 4 is 17.0 Å². The van der Waals surface area contributed by atoms with Crippen LogP contribution in [0.1, 0.15) is 13.8 Å². The highest BCUT2D eigenvalue weighted by Gasteiger charge is 2.31. The maximum Gasteiger partial charge on any atom is 0.415 e. The first-order valence-corrected chi connectivity index (χ1v) is 11.6. The van der Waals surface area contributed by atoms with Gasteiger partial charge in [-0.25, -0.2) is 14.8 Å². The summed E-state index contributed by atoms with van der Waals surface area (Å²) in [6, 6.07) is 13.5. The monoisotopic (exact) mass is 472 g/mol. The second-order valence-corrected chi connectivity index (χ2v) is 8.81. The Labute approximate surface area is 203 Å². The van der Waals surface area contributed by atoms with Gasteiger partial charge in [0.25, 0.3) is 0 Å². The molecule has 1 aliphatic rings. The zero-order valence-electron chi connectivity index (χ0n) is 20.2. The van der Waals surface area contributed by atoms with Crippen LogP contribution in [-0.4, -0.2) is 63.0 Å². The molecule has 35 heavy (non-hydrogen) atoms. The first kappa shape index (κ1) is 22.8. The van der Waals surface area contributed by atoms with Crippen LogP contribution in [0, 0.1) is 0 Å². The molecule has 1 saturated heterocycles. The molecule has 0 saturated carbocycles. The number of nitrogens with one attached hydrogen (secondary N) is 1. The van der Waals surface area contributed by atoms with Crippen LogP contribution in [0.4, 0.5) is 4.79 Å². The fourth-order valence-corrected chi connectivity index (χ4v) is 4.63. The van der Waals surface area contributed by atoms with Crippen molar-refractivity contribution in [2.75, 3.05) is 20.2 Å². The van der Waals surface area contributed by atoms with Gasteiger partial charge in [0.2, 0.25) is 0 Å². The highest BCUT2D eigenvalue weighted by molar-refractivity contribution is 5.97. The van der Waals surface area contributed by atoms with Gasteiger partial charge in [0.1, 0.15) is 12.0 Å². The van der Waals surface area contributed by atoms with E-state index in [4.69, 9.17) is 9.47 Å². The smallest absolute Gasteiger partial charge is 0.415 e. The SMILES string of the molecule is COc1cc2ncnc(-c3cn(C)nc3-c3ccccc3)c2cc1OC(=O)N1[C@H](C)CNC[C@@H]1C. The lowest BCUT2D eigenvalue weighted by Crippen LogP contribution is -2.57. The quantitative estimate of drug-likeness (QED) is 0.482. The number of ether oxygens (including phenoxy) is 2. The Morgan fingerprint density at radius 3 is 2.49 bits per heavy atom. The van der Waals surface area contributed by atoms with Gasteiger partial charge < -0.3 is 14.8 Å². The molecule has 2 atom stereocenters. The second kappa shape index (κ2) is 9.34. The number of amides is 1. The van der Waals surface area contributed by atoms with Crippen molar-refractivity contribution < 1.29 is 14.3 Å². The summed E-state index contributed by atoms with van der Waals surface area (Å²) < 4.78 is 13.2. The van der Waals surface area contributed by atoms with Crippen LogP contribution in [-0.2, 0) is 7.05 Å². The zero-order chi connectivity index (χ0) is 24.5. The van der Waals surface area contributed by atoms with Crippen LogP contribution < -0.4 is 14.8 Å². The van der Waals surface area contributed by atoms with Crippen LogP contribution >= 0.6 is 0 Å². The van der Waals surface area contributed by atoms with Crippen molar-refractivity contribution in [1.82, 2.24) is 30.0 Å². The lowest BCUT2D eigenvalue weighted by Gasteiger charge is -2.38. The molecule has 2 aromatic carbocycles. The molecule has 0 bridgehead atoms. The van der Waals surface area contributed by atoms with Gasteiger partial charge in [-0.2, -0.15) is 5.10 Å². The van der Waals surface area contributed by atoms with E-state index >= 15 is 0 Å². The molecule has 5 rings (SSSR count). The van der Waals surface area contributed by atoms with E-state index < -0.39 is 6.09 Å². The van der Waals surface area contributed by atoms with E-state index in [0.717, 1.165) is 35.3 Å². The summed E-state index contributed by atoms with van der Waals surface area (Å²) in [5.41, 5.74) is 4.03. The molecule has 4 aromatic rings. The number of piperazine rings is 1. The lowest BCUT2D eigenvalue weighted by atomic mass is 10.0. The molecule has 1 fully saturated rings. The number of carbonyl (C=O) groups is 1. The fraction of sp³-hybridized carbons (Fsp3) is 0.308. The number of methoxy groups -OCH3 is 1. The molecule has 0 radical (unpaired) electrons. The maximum absolute atomic E-state index is 13.2. The lowest BCUT2D eigenvalue weighted by molar-refractivity contribution is 0.0961. The number of aromatic nitrogens is 4. The molecule has 1 amide bonds. The summed E-state index contributed by atoms with van der Waals surface area (Å²) in [6.45, 7) is 5.44. The number of hydrogen-bond donors (Lipinski definition) is 1. The van der Waals surface area contributed by atoms with E-state index in [2.05, 4.69) is 20.4 Å². The molecule has 180 valence electrons. The number of rotatable bonds is 4. The number of fused-ring (bicyclic) bond motifs is 1. The van der Waals surface area contributed by atoms with E-state index in [0.29, 0.717) is 22.7 Å². The molecule has 1 N–H and O–H groups in total. The predicted octanol–water partition coefficient (Wildman–Crippen LogP) is 3.89. The largest absolute Gasteiger partial charge is 0.493 e. The Bertz CT molecular complexity index is 1360. The first-order chi connectivity index (χ1) is 17.0. The molecule has 9 heteroatoms. The van der Waals surface area contributed by atoms with E-state index in [1.54, 1.807) is 28.8 Å². The maximum atomic E-state index is 13.2. The third kappa shape index (κ3) is 4.30. The van der Waals surface area contributed by atoms with Crippen molar-refractivity contribution in [2.24, 2.45) is 7.05 Å². The number of hydrogen-bond acceptors (Lipinski definition) is 7. The highest BCUT2D eigenvalue weighted by atomic mass is 16.6. The van der Waals surface area contributed by atoms with Gasteiger partial charge in [-0.15, -0.1) is 0 Å². The summed E-state index contributed by atoms with van der Waals surface area (Å²) in [5.74, 6) is 0.754. The number of aryl methyl sites for hydroxylation is 1. The summed E-state index contributed by atoms with van der Waals surface area (Å²) in [4.78, 5) is 24.0. The molecular weight excluding hydrogens is 444 g/mol. The Hall–Kier alpha value is -3.98. The van der Waals surface area contributed by atoms with Crippen molar-refractivity contribution in [3.63, 3.8) is 0 Å². The summed E-state index contributed by atoms with van der Waals surface area (Å²) in [6.07, 6.45) is 3.05. The third-order valence-electron chi connectivity index (χ3n) is 6.29. The molecule has 0 aliphatic carbocycles. The zero-order valence-corrected chi connectivity index (χ0v) is 20.2. The molecule has 1 aliphatic heterocycles. The number of nitrogens with zero attached hydrogens (tertiary/aromatic N) is 5. The van der Waals surface area contributed by atoms with Crippen molar-refractivity contribution in [2.45, 2.75) is 25.9 Å². The average molecular weight is 473 g/mol. The summed E-state index contributed by atoms with van der Waals surface area (Å²) >= 11 is 0. The Morgan fingerprint density at radius 1 is 1.03 bits per heavy atom. The summed E-state index contributed by atoms with van der Waals surface area (Å²) in [5, 5.41) is 8.75. The van der Waals surface area contributed by atoms with Crippen LogP contribution in [0.3, 0.4) is 0 Å². The minimum atomic E-state index is -0.408. The molecule has 9 nitrogen and oxygen atoms in total. The van der Waals surface area contributed by atoms with Gasteiger partial charge in [0.15, 0.2) is 11.5 Å². The van der Waals surface area contributed by atoms with Gasteiger partial charge in [0.05, 0.1) is 18.3 Å². The van der Waals surface area contributed by atoms with Gasteiger partial charge in [-0.1, -0.05) is 30.3 Å². The minimum absolute atomic E-state index is 0.0143. The topological polar surface area (TPSA) is 94.4 Å². The van der Waals surface area contributed by atoms with Crippen molar-refractivity contribution in [3.8, 4) is 34.0 Å². The molecular formula is C26H28N6O3. The molecule has 2 aromatic heterocycles. The van der Waals surface area contributed by atoms with Crippen LogP contribution in [0.2, 0.25) is 0 Å². The predicted molar refractivity (Wildman–Crippen MR) is 133 cm³/mol. The van der Waals surface area contributed by atoms with Gasteiger partial charge >= 0.3 is 6.09 Å². The fourth-order valence-electron chi connectivity index (χ4n) is 4.63. The third-order valence-corrected chi connectivity index (χ3v) is 6.29. The molecule has 0 unspecified atom stereocenters. The van der Waals surface area contributed by atoms with E-state index in [1.165, 1.54) is 6.33 Å².